The number of aliphatic hydroxyl groups is 1. The first-order chi connectivity index (χ1) is 19.9. The first-order valence-corrected chi connectivity index (χ1v) is 15.3. The molecule has 3 saturated heterocycles. The minimum atomic E-state index is -1.10. The molecule has 3 aliphatic heterocycles. The van der Waals surface area contributed by atoms with Crippen molar-refractivity contribution in [1.82, 2.24) is 14.7 Å². The summed E-state index contributed by atoms with van der Waals surface area (Å²) < 4.78 is 6.94. The summed E-state index contributed by atoms with van der Waals surface area (Å²) in [6, 6.07) is 9.00. The molecule has 8 nitrogen and oxygen atoms in total. The van der Waals surface area contributed by atoms with E-state index in [0.29, 0.717) is 38.9 Å². The zero-order valence-electron chi connectivity index (χ0n) is 24.4. The van der Waals surface area contributed by atoms with Crippen LogP contribution in [0.15, 0.2) is 55.6 Å². The zero-order valence-corrected chi connectivity index (χ0v) is 24.4. The zero-order chi connectivity index (χ0) is 29.2. The van der Waals surface area contributed by atoms with E-state index in [1.165, 1.54) is 4.90 Å². The van der Waals surface area contributed by atoms with Gasteiger partial charge in [-0.3, -0.25) is 14.4 Å². The van der Waals surface area contributed by atoms with Crippen molar-refractivity contribution < 1.29 is 24.2 Å². The molecule has 1 spiro atoms. The maximum atomic E-state index is 14.6. The number of fused-ring (bicyclic) bond motifs is 1. The van der Waals surface area contributed by atoms with E-state index in [1.54, 1.807) is 17.1 Å². The highest BCUT2D eigenvalue weighted by molar-refractivity contribution is 5.99. The topological polar surface area (TPSA) is 90.4 Å². The number of aliphatic hydroxyl groups excluding tert-OH is 1. The van der Waals surface area contributed by atoms with Crippen molar-refractivity contribution in [3.8, 4) is 0 Å². The van der Waals surface area contributed by atoms with E-state index in [4.69, 9.17) is 4.74 Å². The highest BCUT2D eigenvalue weighted by atomic mass is 16.5. The van der Waals surface area contributed by atoms with E-state index in [-0.39, 0.29) is 36.9 Å². The molecule has 41 heavy (non-hydrogen) atoms. The van der Waals surface area contributed by atoms with Crippen molar-refractivity contribution in [1.29, 1.82) is 0 Å². The maximum absolute atomic E-state index is 14.6. The molecule has 8 heteroatoms. The minimum absolute atomic E-state index is 0.0316. The van der Waals surface area contributed by atoms with Crippen molar-refractivity contribution in [2.45, 2.75) is 88.1 Å². The van der Waals surface area contributed by atoms with E-state index in [2.05, 4.69) is 13.2 Å². The third-order valence-electron chi connectivity index (χ3n) is 10.0. The molecule has 4 fully saturated rings. The van der Waals surface area contributed by atoms with Gasteiger partial charge in [0.05, 0.1) is 24.0 Å². The summed E-state index contributed by atoms with van der Waals surface area (Å²) in [5.74, 6) is -2.02. The van der Waals surface area contributed by atoms with Crippen LogP contribution in [0.5, 0.6) is 0 Å². The van der Waals surface area contributed by atoms with Crippen LogP contribution in [-0.2, 0) is 25.7 Å². The molecule has 1 saturated carbocycles. The summed E-state index contributed by atoms with van der Waals surface area (Å²) in [6.45, 7) is 10.7. The predicted molar refractivity (Wildman–Crippen MR) is 156 cm³/mol. The number of carbonyl (C=O) groups excluding carboxylic acids is 3. The lowest BCUT2D eigenvalue weighted by Crippen LogP contribution is -2.58. The minimum Gasteiger partial charge on any atom is -0.395 e. The van der Waals surface area contributed by atoms with Crippen molar-refractivity contribution in [3.63, 3.8) is 0 Å². The quantitative estimate of drug-likeness (QED) is 0.392. The van der Waals surface area contributed by atoms with Gasteiger partial charge < -0.3 is 24.5 Å². The molecule has 1 aromatic rings. The fourth-order valence-corrected chi connectivity index (χ4v) is 8.22. The van der Waals surface area contributed by atoms with Crippen LogP contribution in [0.2, 0.25) is 0 Å². The summed E-state index contributed by atoms with van der Waals surface area (Å²) in [5, 5.41) is 10.00. The Morgan fingerprint density at radius 3 is 2.41 bits per heavy atom. The number of rotatable bonds is 12. The molecule has 0 aromatic heterocycles. The SMILES string of the molecule is C=CCN(Cc1ccccc1)C(=O)[C@H]1[C@H]2C(=O)N(CCO)C(C(=O)N(CC=C)C3CCCCC3)C23CC[C@]1(CC)O3. The number of amides is 3. The fraction of sp³-hybridized carbons (Fsp3) is 0.606. The van der Waals surface area contributed by atoms with Gasteiger partial charge in [-0.25, -0.2) is 0 Å². The van der Waals surface area contributed by atoms with Crippen LogP contribution in [0.3, 0.4) is 0 Å². The lowest BCUT2D eigenvalue weighted by atomic mass is 9.64. The van der Waals surface area contributed by atoms with Crippen molar-refractivity contribution in [2.24, 2.45) is 11.8 Å². The van der Waals surface area contributed by atoms with E-state index in [1.807, 2.05) is 42.2 Å². The number of hydrogen-bond donors (Lipinski definition) is 1. The molecule has 5 atom stereocenters. The normalized spacial score (nSPS) is 30.7. The molecular weight excluding hydrogens is 518 g/mol. The molecule has 1 aliphatic carbocycles. The van der Waals surface area contributed by atoms with Gasteiger partial charge in [-0.1, -0.05) is 68.7 Å². The van der Waals surface area contributed by atoms with Crippen LogP contribution in [0.1, 0.15) is 63.9 Å². The Bertz CT molecular complexity index is 1150. The van der Waals surface area contributed by atoms with E-state index < -0.39 is 29.1 Å². The number of carbonyl (C=O) groups is 3. The highest BCUT2D eigenvalue weighted by Crippen LogP contribution is 2.64. The molecule has 3 amide bonds. The number of benzene rings is 1. The van der Waals surface area contributed by atoms with E-state index in [0.717, 1.165) is 37.7 Å². The van der Waals surface area contributed by atoms with Gasteiger partial charge in [0, 0.05) is 32.2 Å². The van der Waals surface area contributed by atoms with Crippen LogP contribution in [-0.4, -0.2) is 87.1 Å². The molecule has 2 bridgehead atoms. The van der Waals surface area contributed by atoms with Gasteiger partial charge in [-0.15, -0.1) is 13.2 Å². The van der Waals surface area contributed by atoms with Gasteiger partial charge >= 0.3 is 0 Å². The van der Waals surface area contributed by atoms with Crippen LogP contribution < -0.4 is 0 Å². The Balaban J connectivity index is 1.53. The Hall–Kier alpha value is -2.97. The summed E-state index contributed by atoms with van der Waals surface area (Å²) in [7, 11) is 0. The number of likely N-dealkylation sites (tertiary alicyclic amines) is 1. The van der Waals surface area contributed by atoms with Crippen LogP contribution in [0, 0.1) is 11.8 Å². The predicted octanol–water partition coefficient (Wildman–Crippen LogP) is 3.70. The number of hydrogen-bond acceptors (Lipinski definition) is 5. The molecule has 222 valence electrons. The lowest BCUT2D eigenvalue weighted by Gasteiger charge is -2.40. The fourth-order valence-electron chi connectivity index (χ4n) is 8.22. The molecular formula is C33H45N3O5. The highest BCUT2D eigenvalue weighted by Gasteiger charge is 2.79. The smallest absolute Gasteiger partial charge is 0.248 e. The van der Waals surface area contributed by atoms with E-state index >= 15 is 0 Å². The monoisotopic (exact) mass is 563 g/mol. The Morgan fingerprint density at radius 1 is 1.07 bits per heavy atom. The first-order valence-electron chi connectivity index (χ1n) is 15.3. The summed E-state index contributed by atoms with van der Waals surface area (Å²) >= 11 is 0. The van der Waals surface area contributed by atoms with Gasteiger partial charge in [0.1, 0.15) is 11.6 Å². The third kappa shape index (κ3) is 4.93. The van der Waals surface area contributed by atoms with Gasteiger partial charge in [0.2, 0.25) is 17.7 Å². The number of ether oxygens (including phenoxy) is 1. The lowest BCUT2D eigenvalue weighted by molar-refractivity contribution is -0.156. The standard InChI is InChI=1S/C33H45N3O5/c1-4-19-34(23-24-13-9-7-10-14-24)29(38)26-27-30(39)36(21-22-37)28(33(27)18-17-32(26,6-3)41-33)31(40)35(20-5-2)25-15-11-8-12-16-25/h4-5,7,9-10,13-14,25-28,37H,1-2,6,8,11-12,15-23H2,3H3/t26-,27+,28?,32+,33?/m1/s1. The Labute approximate surface area is 244 Å². The van der Waals surface area contributed by atoms with Gasteiger partial charge in [-0.05, 0) is 37.7 Å². The van der Waals surface area contributed by atoms with Gasteiger partial charge in [-0.2, -0.15) is 0 Å². The molecule has 2 unspecified atom stereocenters. The van der Waals surface area contributed by atoms with Crippen molar-refractivity contribution >= 4 is 17.7 Å². The van der Waals surface area contributed by atoms with E-state index in [9.17, 15) is 19.5 Å². The average molecular weight is 564 g/mol. The van der Waals surface area contributed by atoms with Crippen LogP contribution >= 0.6 is 0 Å². The second-order valence-corrected chi connectivity index (χ2v) is 12.2. The van der Waals surface area contributed by atoms with Crippen molar-refractivity contribution in [3.05, 3.63) is 61.2 Å². The maximum Gasteiger partial charge on any atom is 0.248 e. The number of nitrogens with zero attached hydrogens (tertiary/aromatic N) is 3. The summed E-state index contributed by atoms with van der Waals surface area (Å²) in [4.78, 5) is 48.5. The second kappa shape index (κ2) is 12.1. The van der Waals surface area contributed by atoms with Crippen LogP contribution in [0.25, 0.3) is 0 Å². The first kappa shape index (κ1) is 29.5. The summed E-state index contributed by atoms with van der Waals surface area (Å²) in [6.07, 6.45) is 10.3. The molecule has 4 aliphatic rings. The number of β-amino-alcohol motifs (C(OH)–C–C–N with tert-alkyl or cyclic N) is 1. The van der Waals surface area contributed by atoms with Crippen LogP contribution in [0.4, 0.5) is 0 Å². The molecule has 1 aromatic carbocycles. The Morgan fingerprint density at radius 2 is 1.78 bits per heavy atom. The molecule has 3 heterocycles. The Kier molecular flexibility index (Phi) is 8.71. The van der Waals surface area contributed by atoms with Crippen molar-refractivity contribution in [2.75, 3.05) is 26.2 Å². The largest absolute Gasteiger partial charge is 0.395 e. The molecule has 5 rings (SSSR count). The summed E-state index contributed by atoms with van der Waals surface area (Å²) in [5.41, 5.74) is -0.918. The third-order valence-corrected chi connectivity index (χ3v) is 10.0. The molecule has 1 N–H and O–H groups in total. The average Bonchev–Trinajstić information content (AvgIpc) is 3.60. The second-order valence-electron chi connectivity index (χ2n) is 12.2. The van der Waals surface area contributed by atoms with Gasteiger partial charge in [0.15, 0.2) is 0 Å². The van der Waals surface area contributed by atoms with Gasteiger partial charge in [0.25, 0.3) is 0 Å². The molecule has 0 radical (unpaired) electrons.